The summed E-state index contributed by atoms with van der Waals surface area (Å²) in [5.41, 5.74) is 0.575. The molecule has 3 N–H and O–H groups in total. The minimum Gasteiger partial charge on any atom is -0.437 e. The first-order valence-electron chi connectivity index (χ1n) is 6.08. The molecule has 0 aliphatic carbocycles. The fourth-order valence-electron chi connectivity index (χ4n) is 2.02. The molecule has 0 amide bonds. The summed E-state index contributed by atoms with van der Waals surface area (Å²) in [5, 5.41) is 12.8. The van der Waals surface area contributed by atoms with Crippen LogP contribution in [0.4, 0.5) is 0 Å². The molecule has 0 saturated carbocycles. The lowest BCUT2D eigenvalue weighted by Gasteiger charge is -2.13. The molecule has 7 heteroatoms. The Morgan fingerprint density at radius 1 is 1.58 bits per heavy atom. The Morgan fingerprint density at radius 2 is 2.32 bits per heavy atom. The number of nitrogens with zero attached hydrogens (tertiary/aromatic N) is 1. The molecule has 19 heavy (non-hydrogen) atoms. The Hall–Kier alpha value is -0.925. The minimum atomic E-state index is -0.580. The van der Waals surface area contributed by atoms with Crippen molar-refractivity contribution in [1.82, 2.24) is 15.2 Å². The van der Waals surface area contributed by atoms with Crippen LogP contribution >= 0.6 is 22.6 Å². The second-order valence-electron chi connectivity index (χ2n) is 4.62. The highest BCUT2D eigenvalue weighted by Crippen LogP contribution is 2.12. The Bertz CT molecular complexity index is 644. The van der Waals surface area contributed by atoms with Crippen molar-refractivity contribution in [2.45, 2.75) is 26.2 Å². The average Bonchev–Trinajstić information content (AvgIpc) is 2.29. The number of hydrogen-bond donors (Lipinski definition) is 3. The molecule has 2 rings (SSSR count). The van der Waals surface area contributed by atoms with Gasteiger partial charge in [-0.3, -0.25) is 4.79 Å². The highest BCUT2D eigenvalue weighted by Gasteiger charge is 2.11. The molecule has 1 aromatic heterocycles. The summed E-state index contributed by atoms with van der Waals surface area (Å²) in [7, 11) is -0.580. The van der Waals surface area contributed by atoms with E-state index >= 15 is 0 Å². The second-order valence-corrected chi connectivity index (χ2v) is 5.87. The summed E-state index contributed by atoms with van der Waals surface area (Å²) in [6, 6.07) is 5.63. The molecule has 2 aromatic rings. The van der Waals surface area contributed by atoms with Crippen molar-refractivity contribution in [3.8, 4) is 0 Å². The van der Waals surface area contributed by atoms with Gasteiger partial charge in [-0.1, -0.05) is 6.92 Å². The van der Waals surface area contributed by atoms with Gasteiger partial charge < -0.3 is 15.2 Å². The number of aromatic amines is 1. The molecule has 0 unspecified atom stereocenters. The Morgan fingerprint density at radius 3 is 3.00 bits per heavy atom. The molecule has 1 atom stereocenters. The Balaban J connectivity index is 2.31. The van der Waals surface area contributed by atoms with E-state index in [2.05, 4.69) is 37.8 Å². The van der Waals surface area contributed by atoms with Gasteiger partial charge in [-0.15, -0.1) is 0 Å². The maximum atomic E-state index is 12.0. The Kier molecular flexibility index (Phi) is 4.59. The third-order valence-corrected chi connectivity index (χ3v) is 3.41. The van der Waals surface area contributed by atoms with Crippen molar-refractivity contribution in [1.29, 1.82) is 0 Å². The highest BCUT2D eigenvalue weighted by atomic mass is 127. The van der Waals surface area contributed by atoms with Crippen molar-refractivity contribution < 1.29 is 5.02 Å². The van der Waals surface area contributed by atoms with E-state index in [0.29, 0.717) is 23.1 Å². The zero-order valence-corrected chi connectivity index (χ0v) is 12.9. The van der Waals surface area contributed by atoms with Gasteiger partial charge in [0.1, 0.15) is 5.82 Å². The lowest BCUT2D eigenvalue weighted by Crippen LogP contribution is -2.39. The van der Waals surface area contributed by atoms with Gasteiger partial charge in [-0.05, 0) is 47.6 Å². The molecule has 1 aromatic carbocycles. The zero-order chi connectivity index (χ0) is 14.0. The number of hydrogen-bond acceptors (Lipinski definition) is 4. The largest absolute Gasteiger partial charge is 0.437 e. The summed E-state index contributed by atoms with van der Waals surface area (Å²) >= 11 is 2.17. The third-order valence-electron chi connectivity index (χ3n) is 2.74. The van der Waals surface area contributed by atoms with Crippen LogP contribution in [0.3, 0.4) is 0 Å². The van der Waals surface area contributed by atoms with Crippen LogP contribution in [0, 0.1) is 3.57 Å². The van der Waals surface area contributed by atoms with E-state index in [1.54, 1.807) is 6.82 Å². The van der Waals surface area contributed by atoms with E-state index < -0.39 is 7.05 Å². The average molecular weight is 371 g/mol. The van der Waals surface area contributed by atoms with Gasteiger partial charge in [0.2, 0.25) is 0 Å². The Labute approximate surface area is 125 Å². The molecule has 0 fully saturated rings. The van der Waals surface area contributed by atoms with Crippen LogP contribution in [0.2, 0.25) is 6.82 Å². The summed E-state index contributed by atoms with van der Waals surface area (Å²) in [6.45, 7) is 3.60. The molecule has 0 spiro atoms. The molecule has 100 valence electrons. The number of fused-ring (bicyclic) bond motifs is 1. The summed E-state index contributed by atoms with van der Waals surface area (Å²) in [5.74, 6) is 0.624. The van der Waals surface area contributed by atoms with E-state index in [-0.39, 0.29) is 11.6 Å². The first kappa shape index (κ1) is 14.5. The third kappa shape index (κ3) is 3.77. The van der Waals surface area contributed by atoms with Gasteiger partial charge in [0.05, 0.1) is 10.9 Å². The first-order chi connectivity index (χ1) is 8.95. The van der Waals surface area contributed by atoms with Crippen molar-refractivity contribution >= 4 is 40.5 Å². The van der Waals surface area contributed by atoms with E-state index in [0.717, 1.165) is 3.57 Å². The van der Waals surface area contributed by atoms with E-state index in [1.165, 1.54) is 0 Å². The van der Waals surface area contributed by atoms with Crippen molar-refractivity contribution in [3.05, 3.63) is 37.9 Å². The lowest BCUT2D eigenvalue weighted by molar-refractivity contribution is 0.522. The molecule has 0 aliphatic rings. The number of rotatable bonds is 4. The van der Waals surface area contributed by atoms with Crippen LogP contribution < -0.4 is 10.8 Å². The van der Waals surface area contributed by atoms with Crippen LogP contribution in [0.15, 0.2) is 23.0 Å². The van der Waals surface area contributed by atoms with Gasteiger partial charge in [0.15, 0.2) is 0 Å². The SMILES string of the molecule is CB(O)N[C@H](C)Cc1nc2ccc(I)cc2c(=O)[nH]1. The van der Waals surface area contributed by atoms with Gasteiger partial charge >= 0.3 is 7.05 Å². The molecule has 0 saturated heterocycles. The summed E-state index contributed by atoms with van der Waals surface area (Å²) in [6.07, 6.45) is 0.558. The number of H-pyrrole nitrogens is 1. The molecule has 0 bridgehead atoms. The fourth-order valence-corrected chi connectivity index (χ4v) is 2.51. The van der Waals surface area contributed by atoms with Crippen LogP contribution in [-0.2, 0) is 6.42 Å². The molecular weight excluding hydrogens is 356 g/mol. The quantitative estimate of drug-likeness (QED) is 0.557. The topological polar surface area (TPSA) is 78.0 Å². The smallest absolute Gasteiger partial charge is 0.373 e. The number of nitrogens with one attached hydrogen (secondary N) is 2. The van der Waals surface area contributed by atoms with Gasteiger partial charge in [-0.25, -0.2) is 4.98 Å². The highest BCUT2D eigenvalue weighted by molar-refractivity contribution is 14.1. The van der Waals surface area contributed by atoms with Crippen LogP contribution in [0.1, 0.15) is 12.7 Å². The van der Waals surface area contributed by atoms with Gasteiger partial charge in [0, 0.05) is 16.0 Å². The van der Waals surface area contributed by atoms with Gasteiger partial charge in [-0.2, -0.15) is 0 Å². The van der Waals surface area contributed by atoms with E-state index in [9.17, 15) is 9.82 Å². The monoisotopic (exact) mass is 371 g/mol. The standard InChI is InChI=1S/C12H15BIN3O2/c1-7(17-13(2)19)5-11-15-10-4-3-8(14)6-9(10)12(18)16-11/h3-4,6-7,17,19H,5H2,1-2H3,(H,15,16,18)/t7-/m1/s1. The maximum Gasteiger partial charge on any atom is 0.373 e. The predicted molar refractivity (Wildman–Crippen MR) is 85.2 cm³/mol. The van der Waals surface area contributed by atoms with Crippen molar-refractivity contribution in [3.63, 3.8) is 0 Å². The van der Waals surface area contributed by atoms with Crippen LogP contribution in [-0.4, -0.2) is 28.1 Å². The van der Waals surface area contributed by atoms with Crippen LogP contribution in [0.25, 0.3) is 10.9 Å². The number of halogens is 1. The second kappa shape index (κ2) is 6.02. The molecular formula is C12H15BIN3O2. The van der Waals surface area contributed by atoms with Gasteiger partial charge in [0.25, 0.3) is 5.56 Å². The maximum absolute atomic E-state index is 12.0. The summed E-state index contributed by atoms with van der Waals surface area (Å²) < 4.78 is 1.01. The zero-order valence-electron chi connectivity index (χ0n) is 10.8. The minimum absolute atomic E-state index is 0.0319. The molecule has 1 heterocycles. The number of benzene rings is 1. The molecule has 5 nitrogen and oxygen atoms in total. The van der Waals surface area contributed by atoms with E-state index in [4.69, 9.17) is 0 Å². The fraction of sp³-hybridized carbons (Fsp3) is 0.333. The number of aromatic nitrogens is 2. The summed E-state index contributed by atoms with van der Waals surface area (Å²) in [4.78, 5) is 19.2. The normalized spacial score (nSPS) is 12.6. The first-order valence-corrected chi connectivity index (χ1v) is 7.16. The van der Waals surface area contributed by atoms with E-state index in [1.807, 2.05) is 25.1 Å². The van der Waals surface area contributed by atoms with Crippen molar-refractivity contribution in [2.24, 2.45) is 0 Å². The predicted octanol–water partition coefficient (Wildman–Crippen LogP) is 1.16. The molecule has 0 radical (unpaired) electrons. The van der Waals surface area contributed by atoms with Crippen molar-refractivity contribution in [2.75, 3.05) is 0 Å². The molecule has 0 aliphatic heterocycles. The van der Waals surface area contributed by atoms with Crippen LogP contribution in [0.5, 0.6) is 0 Å². The lowest BCUT2D eigenvalue weighted by atomic mass is 9.87.